The smallest absolute Gasteiger partial charge is 0.230 e. The molecule has 0 radical (unpaired) electrons. The van der Waals surface area contributed by atoms with Crippen LogP contribution in [0.2, 0.25) is 0 Å². The number of hydrogen-bond donors (Lipinski definition) is 2. The predicted molar refractivity (Wildman–Crippen MR) is 107 cm³/mol. The molecule has 2 N–H and O–H groups in total. The first-order valence-corrected chi connectivity index (χ1v) is 10.3. The van der Waals surface area contributed by atoms with Crippen molar-refractivity contribution in [3.8, 4) is 0 Å². The van der Waals surface area contributed by atoms with Gasteiger partial charge < -0.3 is 10.6 Å². The molecule has 28 heavy (non-hydrogen) atoms. The summed E-state index contributed by atoms with van der Waals surface area (Å²) >= 11 is 2.64. The van der Waals surface area contributed by atoms with E-state index in [1.165, 1.54) is 47.4 Å². The molecule has 3 rings (SSSR count). The summed E-state index contributed by atoms with van der Waals surface area (Å²) in [7, 11) is 0. The van der Waals surface area contributed by atoms with Crippen molar-refractivity contribution in [3.05, 3.63) is 71.3 Å². The van der Waals surface area contributed by atoms with Gasteiger partial charge in [-0.1, -0.05) is 47.4 Å². The molecule has 3 aromatic rings. The Kier molecular flexibility index (Phi) is 6.94. The molecule has 0 aliphatic heterocycles. The molecule has 1 amide bonds. The third-order valence-corrected chi connectivity index (χ3v) is 5.85. The van der Waals surface area contributed by atoms with Crippen LogP contribution in [0.5, 0.6) is 0 Å². The van der Waals surface area contributed by atoms with Crippen LogP contribution in [0.25, 0.3) is 0 Å². The minimum absolute atomic E-state index is 0.141. The van der Waals surface area contributed by atoms with E-state index in [2.05, 4.69) is 20.8 Å². The van der Waals surface area contributed by atoms with E-state index in [1.807, 2.05) is 6.92 Å². The Labute approximate surface area is 169 Å². The number of rotatable bonds is 8. The Morgan fingerprint density at radius 2 is 1.71 bits per heavy atom. The van der Waals surface area contributed by atoms with Crippen LogP contribution in [-0.4, -0.2) is 21.9 Å². The van der Waals surface area contributed by atoms with Crippen molar-refractivity contribution < 1.29 is 13.6 Å². The molecule has 1 heterocycles. The minimum atomic E-state index is -0.307. The van der Waals surface area contributed by atoms with Gasteiger partial charge in [-0.3, -0.25) is 4.79 Å². The maximum absolute atomic E-state index is 13.0. The lowest BCUT2D eigenvalue weighted by Crippen LogP contribution is -2.28. The predicted octanol–water partition coefficient (Wildman–Crippen LogP) is 4.40. The highest BCUT2D eigenvalue weighted by Crippen LogP contribution is 2.26. The molecule has 0 spiro atoms. The fourth-order valence-corrected chi connectivity index (χ4v) is 3.92. The zero-order valence-corrected chi connectivity index (χ0v) is 16.6. The van der Waals surface area contributed by atoms with E-state index in [9.17, 15) is 13.6 Å². The summed E-state index contributed by atoms with van der Waals surface area (Å²) in [6, 6.07) is 12.0. The molecule has 0 saturated heterocycles. The number of carbonyl (C=O) groups excluding carboxylic acids is 1. The Morgan fingerprint density at radius 3 is 2.39 bits per heavy atom. The highest BCUT2D eigenvalue weighted by atomic mass is 32.2. The molecule has 0 aliphatic carbocycles. The summed E-state index contributed by atoms with van der Waals surface area (Å²) in [6.45, 7) is 2.35. The molecule has 1 unspecified atom stereocenters. The van der Waals surface area contributed by atoms with Gasteiger partial charge in [0.15, 0.2) is 4.34 Å². The summed E-state index contributed by atoms with van der Waals surface area (Å²) in [5.74, 6) is -0.515. The fourth-order valence-electron chi connectivity index (χ4n) is 2.36. The van der Waals surface area contributed by atoms with Gasteiger partial charge in [0, 0.05) is 6.54 Å². The Hall–Kier alpha value is -2.52. The topological polar surface area (TPSA) is 66.9 Å². The van der Waals surface area contributed by atoms with Crippen LogP contribution in [-0.2, 0) is 11.3 Å². The molecule has 0 bridgehead atoms. The van der Waals surface area contributed by atoms with Crippen LogP contribution in [0.3, 0.4) is 0 Å². The molecular weight excluding hydrogens is 402 g/mol. The SMILES string of the molecule is CC(NC(=O)CSc1nnc(NCc2ccc(F)cc2)s1)c1ccc(F)cc1. The monoisotopic (exact) mass is 420 g/mol. The lowest BCUT2D eigenvalue weighted by Gasteiger charge is -2.13. The van der Waals surface area contributed by atoms with Crippen LogP contribution in [0, 0.1) is 11.6 Å². The number of hydrogen-bond acceptors (Lipinski definition) is 6. The average Bonchev–Trinajstić information content (AvgIpc) is 3.14. The number of anilines is 1. The van der Waals surface area contributed by atoms with Crippen molar-refractivity contribution in [2.75, 3.05) is 11.1 Å². The van der Waals surface area contributed by atoms with E-state index < -0.39 is 0 Å². The van der Waals surface area contributed by atoms with Gasteiger partial charge >= 0.3 is 0 Å². The molecule has 1 atom stereocenters. The van der Waals surface area contributed by atoms with Gasteiger partial charge in [-0.25, -0.2) is 8.78 Å². The van der Waals surface area contributed by atoms with Crippen molar-refractivity contribution in [3.63, 3.8) is 0 Å². The van der Waals surface area contributed by atoms with E-state index >= 15 is 0 Å². The average molecular weight is 421 g/mol. The van der Waals surface area contributed by atoms with Gasteiger partial charge in [0.2, 0.25) is 11.0 Å². The third kappa shape index (κ3) is 6.00. The van der Waals surface area contributed by atoms with Gasteiger partial charge in [-0.15, -0.1) is 10.2 Å². The van der Waals surface area contributed by atoms with Gasteiger partial charge in [0.25, 0.3) is 0 Å². The number of aromatic nitrogens is 2. The second-order valence-electron chi connectivity index (χ2n) is 5.98. The molecule has 0 aliphatic rings. The third-order valence-electron chi connectivity index (χ3n) is 3.84. The number of halogens is 2. The van der Waals surface area contributed by atoms with Crippen LogP contribution < -0.4 is 10.6 Å². The van der Waals surface area contributed by atoms with Crippen LogP contribution >= 0.6 is 23.1 Å². The lowest BCUT2D eigenvalue weighted by molar-refractivity contribution is -0.119. The Bertz CT molecular complexity index is 916. The normalized spacial score (nSPS) is 11.8. The molecule has 5 nitrogen and oxygen atoms in total. The molecule has 0 fully saturated rings. The van der Waals surface area contributed by atoms with Crippen LogP contribution in [0.4, 0.5) is 13.9 Å². The largest absolute Gasteiger partial charge is 0.356 e. The molecule has 146 valence electrons. The Morgan fingerprint density at radius 1 is 1.07 bits per heavy atom. The highest BCUT2D eigenvalue weighted by molar-refractivity contribution is 8.01. The number of nitrogens with one attached hydrogen (secondary N) is 2. The maximum Gasteiger partial charge on any atom is 0.230 e. The van der Waals surface area contributed by atoms with Crippen molar-refractivity contribution >= 4 is 34.1 Å². The van der Waals surface area contributed by atoms with Crippen LogP contribution in [0.1, 0.15) is 24.1 Å². The van der Waals surface area contributed by atoms with Gasteiger partial charge in [-0.2, -0.15) is 0 Å². The summed E-state index contributed by atoms with van der Waals surface area (Å²) < 4.78 is 26.5. The van der Waals surface area contributed by atoms with Crippen molar-refractivity contribution in [1.29, 1.82) is 0 Å². The summed E-state index contributed by atoms with van der Waals surface area (Å²) in [6.07, 6.45) is 0. The molecule has 9 heteroatoms. The minimum Gasteiger partial charge on any atom is -0.356 e. The number of amides is 1. The second kappa shape index (κ2) is 9.61. The number of thioether (sulfide) groups is 1. The molecular formula is C19H18F2N4OS2. The summed E-state index contributed by atoms with van der Waals surface area (Å²) in [4.78, 5) is 12.1. The second-order valence-corrected chi connectivity index (χ2v) is 8.18. The first-order chi connectivity index (χ1) is 13.5. The molecule has 0 saturated carbocycles. The Balaban J connectivity index is 1.43. The van der Waals surface area contributed by atoms with Gasteiger partial charge in [0.05, 0.1) is 11.8 Å². The number of benzene rings is 2. The fraction of sp³-hybridized carbons (Fsp3) is 0.211. The van der Waals surface area contributed by atoms with E-state index in [1.54, 1.807) is 24.3 Å². The van der Waals surface area contributed by atoms with Gasteiger partial charge in [0.1, 0.15) is 11.6 Å². The van der Waals surface area contributed by atoms with E-state index in [-0.39, 0.29) is 29.3 Å². The first-order valence-electron chi connectivity index (χ1n) is 8.49. The summed E-state index contributed by atoms with van der Waals surface area (Å²) in [5.41, 5.74) is 1.77. The maximum atomic E-state index is 13.0. The van der Waals surface area contributed by atoms with Crippen molar-refractivity contribution in [2.24, 2.45) is 0 Å². The zero-order chi connectivity index (χ0) is 19.9. The summed E-state index contributed by atoms with van der Waals surface area (Å²) in [5, 5.41) is 14.7. The quantitative estimate of drug-likeness (QED) is 0.529. The molecule has 2 aromatic carbocycles. The number of nitrogens with zero attached hydrogens (tertiary/aromatic N) is 2. The standard InChI is InChI=1S/C19H18F2N4OS2/c1-12(14-4-8-16(21)9-5-14)23-17(26)11-27-19-25-24-18(28-19)22-10-13-2-6-15(20)7-3-13/h2-9,12H,10-11H2,1H3,(H,22,24)(H,23,26). The number of carbonyl (C=O) groups is 1. The zero-order valence-electron chi connectivity index (χ0n) is 15.0. The van der Waals surface area contributed by atoms with Crippen molar-refractivity contribution in [1.82, 2.24) is 15.5 Å². The van der Waals surface area contributed by atoms with Gasteiger partial charge in [-0.05, 0) is 42.3 Å². The van der Waals surface area contributed by atoms with E-state index in [0.717, 1.165) is 11.1 Å². The first kappa shape index (κ1) is 20.2. The van der Waals surface area contributed by atoms with Crippen molar-refractivity contribution in [2.45, 2.75) is 23.8 Å². The van der Waals surface area contributed by atoms with Crippen LogP contribution in [0.15, 0.2) is 52.9 Å². The van der Waals surface area contributed by atoms with E-state index in [4.69, 9.17) is 0 Å². The highest BCUT2D eigenvalue weighted by Gasteiger charge is 2.12. The molecule has 1 aromatic heterocycles. The lowest BCUT2D eigenvalue weighted by atomic mass is 10.1. The van der Waals surface area contributed by atoms with E-state index in [0.29, 0.717) is 16.0 Å².